The molecule has 1 aliphatic heterocycles. The van der Waals surface area contributed by atoms with Gasteiger partial charge in [-0.25, -0.2) is 0 Å². The Morgan fingerprint density at radius 1 is 1.24 bits per heavy atom. The number of aryl methyl sites for hydroxylation is 1. The Hall–Kier alpha value is -0.990. The molecule has 0 aromatic heterocycles. The fraction of sp³-hybridized carbons (Fsp3) is 0.333. The third-order valence-corrected chi connectivity index (χ3v) is 5.07. The van der Waals surface area contributed by atoms with Gasteiger partial charge in [-0.2, -0.15) is 0 Å². The molecule has 0 saturated carbocycles. The molecule has 2 unspecified atom stereocenters. The van der Waals surface area contributed by atoms with E-state index in [2.05, 4.69) is 53.2 Å². The van der Waals surface area contributed by atoms with Gasteiger partial charge in [-0.15, -0.1) is 0 Å². The summed E-state index contributed by atoms with van der Waals surface area (Å²) in [5.74, 6) is 1.50. The van der Waals surface area contributed by atoms with Crippen LogP contribution in [0.25, 0.3) is 0 Å². The maximum Gasteiger partial charge on any atom is 0.123 e. The van der Waals surface area contributed by atoms with Crippen molar-refractivity contribution in [1.29, 1.82) is 0 Å². The zero-order valence-electron chi connectivity index (χ0n) is 12.0. The van der Waals surface area contributed by atoms with Crippen LogP contribution in [0, 0.1) is 6.92 Å². The van der Waals surface area contributed by atoms with E-state index in [1.807, 2.05) is 12.1 Å². The van der Waals surface area contributed by atoms with Gasteiger partial charge in [-0.1, -0.05) is 57.4 Å². The number of alkyl halides is 1. The lowest BCUT2D eigenvalue weighted by Gasteiger charge is -2.19. The van der Waals surface area contributed by atoms with E-state index in [9.17, 15) is 0 Å². The molecule has 0 fully saturated rings. The standard InChI is InChI=1S/C18H18BrClO/c1-12-2-7-18-14(8-12)9-17(21-18)10-15(11-19)13-3-5-16(20)6-4-13/h2-8,15,17H,9-11H2,1H3. The number of benzene rings is 2. The molecule has 1 aliphatic rings. The maximum absolute atomic E-state index is 6.09. The summed E-state index contributed by atoms with van der Waals surface area (Å²) in [5.41, 5.74) is 3.95. The van der Waals surface area contributed by atoms with Crippen molar-refractivity contribution in [1.82, 2.24) is 0 Å². The SMILES string of the molecule is Cc1ccc2c(c1)CC(CC(CBr)c1ccc(Cl)cc1)O2. The second-order valence-corrected chi connectivity index (χ2v) is 6.78. The van der Waals surface area contributed by atoms with E-state index in [-0.39, 0.29) is 6.10 Å². The zero-order chi connectivity index (χ0) is 14.8. The molecule has 0 spiro atoms. The molecule has 1 heterocycles. The highest BCUT2D eigenvalue weighted by Gasteiger charge is 2.26. The van der Waals surface area contributed by atoms with Gasteiger partial charge in [0.2, 0.25) is 0 Å². The van der Waals surface area contributed by atoms with E-state index in [1.54, 1.807) is 0 Å². The number of hydrogen-bond acceptors (Lipinski definition) is 1. The molecule has 2 aromatic carbocycles. The van der Waals surface area contributed by atoms with Gasteiger partial charge in [0.1, 0.15) is 11.9 Å². The van der Waals surface area contributed by atoms with Crippen LogP contribution >= 0.6 is 27.5 Å². The predicted molar refractivity (Wildman–Crippen MR) is 91.9 cm³/mol. The lowest BCUT2D eigenvalue weighted by molar-refractivity contribution is 0.213. The van der Waals surface area contributed by atoms with Gasteiger partial charge in [-0.3, -0.25) is 0 Å². The number of hydrogen-bond donors (Lipinski definition) is 0. The number of rotatable bonds is 4. The fourth-order valence-electron chi connectivity index (χ4n) is 2.92. The summed E-state index contributed by atoms with van der Waals surface area (Å²) in [6.45, 7) is 2.13. The maximum atomic E-state index is 6.09. The van der Waals surface area contributed by atoms with Gasteiger partial charge < -0.3 is 4.74 Å². The first kappa shape index (κ1) is 14.9. The minimum absolute atomic E-state index is 0.264. The minimum atomic E-state index is 0.264. The molecule has 0 saturated heterocycles. The summed E-state index contributed by atoms with van der Waals surface area (Å²) in [6, 6.07) is 14.6. The number of ether oxygens (including phenoxy) is 1. The van der Waals surface area contributed by atoms with E-state index >= 15 is 0 Å². The highest BCUT2D eigenvalue weighted by Crippen LogP contribution is 2.34. The molecule has 0 aliphatic carbocycles. The highest BCUT2D eigenvalue weighted by molar-refractivity contribution is 9.09. The van der Waals surface area contributed by atoms with Crippen LogP contribution in [0.15, 0.2) is 42.5 Å². The molecule has 0 radical (unpaired) electrons. The first-order valence-corrected chi connectivity index (χ1v) is 8.73. The summed E-state index contributed by atoms with van der Waals surface area (Å²) >= 11 is 9.61. The first-order valence-electron chi connectivity index (χ1n) is 7.23. The van der Waals surface area contributed by atoms with Crippen molar-refractivity contribution in [3.05, 3.63) is 64.2 Å². The Balaban J connectivity index is 1.70. The van der Waals surface area contributed by atoms with E-state index in [0.717, 1.165) is 28.9 Å². The van der Waals surface area contributed by atoms with Crippen LogP contribution in [0.1, 0.15) is 29.0 Å². The summed E-state index contributed by atoms with van der Waals surface area (Å²) in [5, 5.41) is 1.72. The lowest BCUT2D eigenvalue weighted by Crippen LogP contribution is -2.18. The number of halogens is 2. The van der Waals surface area contributed by atoms with Gasteiger partial charge in [0, 0.05) is 16.8 Å². The Morgan fingerprint density at radius 3 is 2.71 bits per heavy atom. The molecular formula is C18H18BrClO. The molecule has 110 valence electrons. The molecular weight excluding hydrogens is 348 g/mol. The number of fused-ring (bicyclic) bond motifs is 1. The zero-order valence-corrected chi connectivity index (χ0v) is 14.3. The molecule has 2 atom stereocenters. The molecule has 0 N–H and O–H groups in total. The Morgan fingerprint density at radius 2 is 2.00 bits per heavy atom. The fourth-order valence-corrected chi connectivity index (χ4v) is 3.69. The van der Waals surface area contributed by atoms with Crippen LogP contribution in [-0.2, 0) is 6.42 Å². The van der Waals surface area contributed by atoms with Crippen LogP contribution in [0.3, 0.4) is 0 Å². The Labute approximate surface area is 139 Å². The highest BCUT2D eigenvalue weighted by atomic mass is 79.9. The molecule has 0 amide bonds. The molecule has 0 bridgehead atoms. The first-order chi connectivity index (χ1) is 10.2. The van der Waals surface area contributed by atoms with E-state index in [0.29, 0.717) is 5.92 Å². The molecule has 21 heavy (non-hydrogen) atoms. The third kappa shape index (κ3) is 3.44. The summed E-state index contributed by atoms with van der Waals surface area (Å²) in [6.07, 6.45) is 2.29. The Bertz CT molecular complexity index is 624. The van der Waals surface area contributed by atoms with Crippen molar-refractivity contribution in [3.8, 4) is 5.75 Å². The van der Waals surface area contributed by atoms with Crippen molar-refractivity contribution in [2.24, 2.45) is 0 Å². The summed E-state index contributed by atoms with van der Waals surface area (Å²) in [4.78, 5) is 0. The van der Waals surface area contributed by atoms with E-state index in [4.69, 9.17) is 16.3 Å². The average molecular weight is 366 g/mol. The second kappa shape index (κ2) is 6.41. The molecule has 3 heteroatoms. The van der Waals surface area contributed by atoms with Gasteiger partial charge >= 0.3 is 0 Å². The average Bonchev–Trinajstić information content (AvgIpc) is 2.87. The van der Waals surface area contributed by atoms with E-state index < -0.39 is 0 Å². The smallest absolute Gasteiger partial charge is 0.123 e. The van der Waals surface area contributed by atoms with Crippen LogP contribution in [0.4, 0.5) is 0 Å². The Kier molecular flexibility index (Phi) is 4.56. The molecule has 2 aromatic rings. The van der Waals surface area contributed by atoms with Crippen LogP contribution in [0.5, 0.6) is 5.75 Å². The quantitative estimate of drug-likeness (QED) is 0.648. The summed E-state index contributed by atoms with van der Waals surface area (Å²) in [7, 11) is 0. The second-order valence-electron chi connectivity index (χ2n) is 5.69. The van der Waals surface area contributed by atoms with Gasteiger partial charge in [-0.05, 0) is 48.6 Å². The van der Waals surface area contributed by atoms with Crippen molar-refractivity contribution in [2.75, 3.05) is 5.33 Å². The van der Waals surface area contributed by atoms with Crippen LogP contribution in [0.2, 0.25) is 5.02 Å². The summed E-state index contributed by atoms with van der Waals surface area (Å²) < 4.78 is 6.09. The monoisotopic (exact) mass is 364 g/mol. The van der Waals surface area contributed by atoms with Gasteiger partial charge in [0.25, 0.3) is 0 Å². The largest absolute Gasteiger partial charge is 0.490 e. The van der Waals surface area contributed by atoms with E-state index in [1.165, 1.54) is 16.7 Å². The van der Waals surface area contributed by atoms with Gasteiger partial charge in [0.15, 0.2) is 0 Å². The van der Waals surface area contributed by atoms with Crippen LogP contribution < -0.4 is 4.74 Å². The minimum Gasteiger partial charge on any atom is -0.490 e. The third-order valence-electron chi connectivity index (χ3n) is 4.03. The van der Waals surface area contributed by atoms with Crippen molar-refractivity contribution in [2.45, 2.75) is 31.8 Å². The van der Waals surface area contributed by atoms with Crippen molar-refractivity contribution < 1.29 is 4.74 Å². The predicted octanol–water partition coefficient (Wildman–Crippen LogP) is 5.52. The molecule has 3 rings (SSSR count). The normalized spacial score (nSPS) is 18.1. The molecule has 1 nitrogen and oxygen atoms in total. The van der Waals surface area contributed by atoms with Crippen LogP contribution in [-0.4, -0.2) is 11.4 Å². The van der Waals surface area contributed by atoms with Gasteiger partial charge in [0.05, 0.1) is 0 Å². The lowest BCUT2D eigenvalue weighted by atomic mass is 9.93. The van der Waals surface area contributed by atoms with Crippen molar-refractivity contribution in [3.63, 3.8) is 0 Å². The van der Waals surface area contributed by atoms with Crippen molar-refractivity contribution >= 4 is 27.5 Å². The topological polar surface area (TPSA) is 9.23 Å².